The highest BCUT2D eigenvalue weighted by Crippen LogP contribution is 2.09. The van der Waals surface area contributed by atoms with Gasteiger partial charge in [-0.2, -0.15) is 0 Å². The molecule has 1 unspecified atom stereocenters. The smallest absolute Gasteiger partial charge is 0.242 e. The highest BCUT2D eigenvalue weighted by molar-refractivity contribution is 5.84. The summed E-state index contributed by atoms with van der Waals surface area (Å²) in [6.07, 6.45) is 0. The Kier molecular flexibility index (Phi) is 4.09. The third kappa shape index (κ3) is 3.58. The van der Waals surface area contributed by atoms with Crippen LogP contribution in [0.5, 0.6) is 0 Å². The van der Waals surface area contributed by atoms with E-state index >= 15 is 0 Å². The zero-order chi connectivity index (χ0) is 11.3. The van der Waals surface area contributed by atoms with Crippen LogP contribution in [0.3, 0.4) is 0 Å². The van der Waals surface area contributed by atoms with Gasteiger partial charge in [0.2, 0.25) is 5.91 Å². The summed E-state index contributed by atoms with van der Waals surface area (Å²) in [4.78, 5) is 11.4. The summed E-state index contributed by atoms with van der Waals surface area (Å²) in [7, 11) is 0. The Hall–Kier alpha value is -1.58. The normalized spacial score (nSPS) is 11.9. The Balaban J connectivity index is 2.54. The first kappa shape index (κ1) is 11.5. The van der Waals surface area contributed by atoms with Gasteiger partial charge in [-0.05, 0) is 38.1 Å². The van der Waals surface area contributed by atoms with Gasteiger partial charge < -0.3 is 10.6 Å². The number of nitrogens with one attached hydrogen (secondary N) is 2. The van der Waals surface area contributed by atoms with Crippen molar-refractivity contribution < 1.29 is 9.18 Å². The molecule has 0 aliphatic rings. The standard InChI is InChI=1S/C11H15FN2O/c1-3-13-11(15)8(2)14-10-6-4-9(12)5-7-10/h4-8,14H,3H2,1-2H3,(H,13,15). The van der Waals surface area contributed by atoms with E-state index in [1.165, 1.54) is 12.1 Å². The van der Waals surface area contributed by atoms with Crippen LogP contribution in [-0.4, -0.2) is 18.5 Å². The Morgan fingerprint density at radius 2 is 2.00 bits per heavy atom. The van der Waals surface area contributed by atoms with E-state index in [1.54, 1.807) is 19.1 Å². The Morgan fingerprint density at radius 3 is 2.53 bits per heavy atom. The topological polar surface area (TPSA) is 41.1 Å². The number of benzene rings is 1. The summed E-state index contributed by atoms with van der Waals surface area (Å²) in [6.45, 7) is 4.23. The van der Waals surface area contributed by atoms with Crippen LogP contribution in [0.2, 0.25) is 0 Å². The Morgan fingerprint density at radius 1 is 1.40 bits per heavy atom. The van der Waals surface area contributed by atoms with Crippen LogP contribution in [0.25, 0.3) is 0 Å². The minimum absolute atomic E-state index is 0.0678. The fraction of sp³-hybridized carbons (Fsp3) is 0.364. The first-order chi connectivity index (χ1) is 7.13. The number of hydrogen-bond acceptors (Lipinski definition) is 2. The van der Waals surface area contributed by atoms with Crippen molar-refractivity contribution in [2.75, 3.05) is 11.9 Å². The second-order valence-electron chi connectivity index (χ2n) is 3.27. The first-order valence-electron chi connectivity index (χ1n) is 4.93. The van der Waals surface area contributed by atoms with Crippen molar-refractivity contribution in [1.82, 2.24) is 5.32 Å². The fourth-order valence-corrected chi connectivity index (χ4v) is 1.19. The maximum absolute atomic E-state index is 12.6. The van der Waals surface area contributed by atoms with Gasteiger partial charge in [0, 0.05) is 12.2 Å². The molecule has 4 heteroatoms. The predicted octanol–water partition coefficient (Wildman–Crippen LogP) is 1.76. The van der Waals surface area contributed by atoms with E-state index in [9.17, 15) is 9.18 Å². The molecular formula is C11H15FN2O. The second kappa shape index (κ2) is 5.34. The molecule has 2 N–H and O–H groups in total. The number of amides is 1. The maximum Gasteiger partial charge on any atom is 0.242 e. The monoisotopic (exact) mass is 210 g/mol. The van der Waals surface area contributed by atoms with Gasteiger partial charge in [0.1, 0.15) is 11.9 Å². The Bertz CT molecular complexity index is 324. The van der Waals surface area contributed by atoms with Gasteiger partial charge in [0.25, 0.3) is 0 Å². The average molecular weight is 210 g/mol. The second-order valence-corrected chi connectivity index (χ2v) is 3.27. The molecule has 0 radical (unpaired) electrons. The molecule has 1 aromatic carbocycles. The molecule has 0 bridgehead atoms. The number of likely N-dealkylation sites (N-methyl/N-ethyl adjacent to an activating group) is 1. The van der Waals surface area contributed by atoms with Crippen LogP contribution in [0.15, 0.2) is 24.3 Å². The van der Waals surface area contributed by atoms with E-state index in [2.05, 4.69) is 10.6 Å². The van der Waals surface area contributed by atoms with Crippen LogP contribution in [0.1, 0.15) is 13.8 Å². The molecule has 0 saturated carbocycles. The van der Waals surface area contributed by atoms with Crippen LogP contribution < -0.4 is 10.6 Å². The largest absolute Gasteiger partial charge is 0.374 e. The number of rotatable bonds is 4. The number of hydrogen-bond donors (Lipinski definition) is 2. The van der Waals surface area contributed by atoms with Crippen molar-refractivity contribution in [3.8, 4) is 0 Å². The lowest BCUT2D eigenvalue weighted by molar-refractivity contribution is -0.121. The highest BCUT2D eigenvalue weighted by Gasteiger charge is 2.10. The average Bonchev–Trinajstić information content (AvgIpc) is 2.22. The van der Waals surface area contributed by atoms with Crippen molar-refractivity contribution in [2.24, 2.45) is 0 Å². The van der Waals surface area contributed by atoms with E-state index < -0.39 is 0 Å². The third-order valence-electron chi connectivity index (χ3n) is 1.97. The summed E-state index contributed by atoms with van der Waals surface area (Å²) in [5.74, 6) is -0.354. The third-order valence-corrected chi connectivity index (χ3v) is 1.97. The molecular weight excluding hydrogens is 195 g/mol. The molecule has 3 nitrogen and oxygen atoms in total. The molecule has 0 heterocycles. The van der Waals surface area contributed by atoms with Gasteiger partial charge >= 0.3 is 0 Å². The summed E-state index contributed by atoms with van der Waals surface area (Å²) in [5.41, 5.74) is 0.732. The van der Waals surface area contributed by atoms with E-state index in [0.717, 1.165) is 5.69 Å². The molecule has 0 fully saturated rings. The lowest BCUT2D eigenvalue weighted by atomic mass is 10.2. The zero-order valence-electron chi connectivity index (χ0n) is 8.88. The van der Waals surface area contributed by atoms with Gasteiger partial charge in [0.05, 0.1) is 0 Å². The molecule has 0 aliphatic heterocycles. The molecule has 1 atom stereocenters. The van der Waals surface area contributed by atoms with Gasteiger partial charge in [-0.25, -0.2) is 4.39 Å². The number of halogens is 1. The van der Waals surface area contributed by atoms with Crippen LogP contribution in [0.4, 0.5) is 10.1 Å². The molecule has 0 spiro atoms. The van der Waals surface area contributed by atoms with E-state index in [1.807, 2.05) is 6.92 Å². The van der Waals surface area contributed by atoms with Gasteiger partial charge in [-0.3, -0.25) is 4.79 Å². The molecule has 1 amide bonds. The Labute approximate surface area is 88.7 Å². The van der Waals surface area contributed by atoms with Crippen molar-refractivity contribution in [2.45, 2.75) is 19.9 Å². The van der Waals surface area contributed by atoms with Crippen LogP contribution in [-0.2, 0) is 4.79 Å². The first-order valence-corrected chi connectivity index (χ1v) is 4.93. The van der Waals surface area contributed by atoms with Crippen LogP contribution in [0, 0.1) is 5.82 Å². The predicted molar refractivity (Wildman–Crippen MR) is 58.2 cm³/mol. The van der Waals surface area contributed by atoms with E-state index in [4.69, 9.17) is 0 Å². The molecule has 0 aromatic heterocycles. The minimum atomic E-state index is -0.324. The van der Waals surface area contributed by atoms with Crippen molar-refractivity contribution in [3.05, 3.63) is 30.1 Å². The fourth-order valence-electron chi connectivity index (χ4n) is 1.19. The van der Waals surface area contributed by atoms with Crippen LogP contribution >= 0.6 is 0 Å². The summed E-state index contributed by atoms with van der Waals surface area (Å²) in [6, 6.07) is 5.59. The van der Waals surface area contributed by atoms with Crippen molar-refractivity contribution in [3.63, 3.8) is 0 Å². The number of carbonyl (C=O) groups excluding carboxylic acids is 1. The van der Waals surface area contributed by atoms with Gasteiger partial charge in [-0.15, -0.1) is 0 Å². The van der Waals surface area contributed by atoms with Gasteiger partial charge in [-0.1, -0.05) is 0 Å². The van der Waals surface area contributed by atoms with Crippen molar-refractivity contribution in [1.29, 1.82) is 0 Å². The van der Waals surface area contributed by atoms with E-state index in [-0.39, 0.29) is 17.8 Å². The number of anilines is 1. The van der Waals surface area contributed by atoms with Crippen molar-refractivity contribution >= 4 is 11.6 Å². The summed E-state index contributed by atoms with van der Waals surface area (Å²) in [5, 5.41) is 5.68. The lowest BCUT2D eigenvalue weighted by Crippen LogP contribution is -2.37. The van der Waals surface area contributed by atoms with Gasteiger partial charge in [0.15, 0.2) is 0 Å². The SMILES string of the molecule is CCNC(=O)C(C)Nc1ccc(F)cc1. The minimum Gasteiger partial charge on any atom is -0.374 e. The maximum atomic E-state index is 12.6. The lowest BCUT2D eigenvalue weighted by Gasteiger charge is -2.14. The molecule has 0 saturated heterocycles. The molecule has 82 valence electrons. The molecule has 15 heavy (non-hydrogen) atoms. The zero-order valence-corrected chi connectivity index (χ0v) is 8.88. The van der Waals surface area contributed by atoms with E-state index in [0.29, 0.717) is 6.54 Å². The summed E-state index contributed by atoms with van der Waals surface area (Å²) >= 11 is 0. The highest BCUT2D eigenvalue weighted by atomic mass is 19.1. The number of carbonyl (C=O) groups is 1. The molecule has 0 aliphatic carbocycles. The molecule has 1 rings (SSSR count). The molecule has 1 aromatic rings. The quantitative estimate of drug-likeness (QED) is 0.795. The summed E-state index contributed by atoms with van der Waals surface area (Å²) < 4.78 is 12.6.